The second-order valence-electron chi connectivity index (χ2n) is 4.75. The molecule has 21 heavy (non-hydrogen) atoms. The molecule has 2 aromatic heterocycles. The lowest BCUT2D eigenvalue weighted by molar-refractivity contribution is -0.121. The SMILES string of the molecule is Cc1nn(CCCNC(=O)Cn2nccc2C)c(Cl)c1Cl. The number of nitrogens with zero attached hydrogens (tertiary/aromatic N) is 4. The molecule has 0 bridgehead atoms. The van der Waals surface area contributed by atoms with Crippen molar-refractivity contribution in [3.63, 3.8) is 0 Å². The minimum atomic E-state index is -0.0671. The van der Waals surface area contributed by atoms with Gasteiger partial charge in [0.25, 0.3) is 0 Å². The molecule has 6 nitrogen and oxygen atoms in total. The topological polar surface area (TPSA) is 64.7 Å². The fraction of sp³-hybridized carbons (Fsp3) is 0.462. The summed E-state index contributed by atoms with van der Waals surface area (Å²) in [5.74, 6) is -0.0671. The summed E-state index contributed by atoms with van der Waals surface area (Å²) in [5, 5.41) is 12.1. The Kier molecular flexibility index (Phi) is 5.25. The maximum absolute atomic E-state index is 11.8. The second-order valence-corrected chi connectivity index (χ2v) is 5.48. The Labute approximate surface area is 133 Å². The van der Waals surface area contributed by atoms with Crippen LogP contribution in [0.1, 0.15) is 17.8 Å². The first-order chi connectivity index (χ1) is 9.99. The molecule has 0 radical (unpaired) electrons. The normalized spacial score (nSPS) is 10.9. The van der Waals surface area contributed by atoms with Gasteiger partial charge in [-0.3, -0.25) is 14.2 Å². The monoisotopic (exact) mass is 329 g/mol. The number of hydrogen-bond acceptors (Lipinski definition) is 3. The molecule has 0 saturated heterocycles. The highest BCUT2D eigenvalue weighted by molar-refractivity contribution is 6.41. The highest BCUT2D eigenvalue weighted by Gasteiger charge is 2.10. The molecule has 0 aliphatic carbocycles. The Bertz CT molecular complexity index is 635. The highest BCUT2D eigenvalue weighted by atomic mass is 35.5. The van der Waals surface area contributed by atoms with Crippen LogP contribution < -0.4 is 5.32 Å². The summed E-state index contributed by atoms with van der Waals surface area (Å²) in [6.45, 7) is 5.09. The van der Waals surface area contributed by atoms with Crippen LogP contribution in [-0.2, 0) is 17.9 Å². The average Bonchev–Trinajstić information content (AvgIpc) is 2.95. The van der Waals surface area contributed by atoms with Crippen LogP contribution in [0, 0.1) is 13.8 Å². The van der Waals surface area contributed by atoms with Gasteiger partial charge in [0.15, 0.2) is 0 Å². The Morgan fingerprint density at radius 2 is 2.10 bits per heavy atom. The molecular formula is C13H17Cl2N5O. The van der Waals surface area contributed by atoms with Crippen LogP contribution in [0.15, 0.2) is 12.3 Å². The molecule has 0 aliphatic rings. The van der Waals surface area contributed by atoms with Gasteiger partial charge in [-0.15, -0.1) is 0 Å². The molecule has 0 aliphatic heterocycles. The van der Waals surface area contributed by atoms with Crippen LogP contribution >= 0.6 is 23.2 Å². The fourth-order valence-electron chi connectivity index (χ4n) is 1.89. The summed E-state index contributed by atoms with van der Waals surface area (Å²) in [5.41, 5.74) is 1.67. The summed E-state index contributed by atoms with van der Waals surface area (Å²) >= 11 is 12.0. The zero-order chi connectivity index (χ0) is 15.4. The molecule has 0 spiro atoms. The van der Waals surface area contributed by atoms with Crippen LogP contribution in [0.25, 0.3) is 0 Å². The van der Waals surface area contributed by atoms with E-state index in [1.165, 1.54) is 0 Å². The van der Waals surface area contributed by atoms with E-state index in [0.29, 0.717) is 29.0 Å². The molecule has 0 atom stereocenters. The maximum atomic E-state index is 11.8. The number of carbonyl (C=O) groups is 1. The lowest BCUT2D eigenvalue weighted by atomic mass is 10.4. The second kappa shape index (κ2) is 6.95. The van der Waals surface area contributed by atoms with Crippen molar-refractivity contribution in [1.29, 1.82) is 0 Å². The lowest BCUT2D eigenvalue weighted by Gasteiger charge is -2.07. The van der Waals surface area contributed by atoms with Crippen molar-refractivity contribution in [3.8, 4) is 0 Å². The number of amides is 1. The lowest BCUT2D eigenvalue weighted by Crippen LogP contribution is -2.29. The number of nitrogens with one attached hydrogen (secondary N) is 1. The number of hydrogen-bond donors (Lipinski definition) is 1. The van der Waals surface area contributed by atoms with Gasteiger partial charge in [-0.05, 0) is 26.3 Å². The Morgan fingerprint density at radius 1 is 1.33 bits per heavy atom. The van der Waals surface area contributed by atoms with E-state index in [1.54, 1.807) is 22.5 Å². The number of rotatable bonds is 6. The van der Waals surface area contributed by atoms with Crippen LogP contribution in [0.4, 0.5) is 0 Å². The van der Waals surface area contributed by atoms with Crippen molar-refractivity contribution in [1.82, 2.24) is 24.9 Å². The highest BCUT2D eigenvalue weighted by Crippen LogP contribution is 2.24. The van der Waals surface area contributed by atoms with Gasteiger partial charge in [-0.1, -0.05) is 23.2 Å². The molecule has 0 saturated carbocycles. The van der Waals surface area contributed by atoms with E-state index in [1.807, 2.05) is 13.0 Å². The third kappa shape index (κ3) is 3.98. The smallest absolute Gasteiger partial charge is 0.241 e. The van der Waals surface area contributed by atoms with Crippen molar-refractivity contribution in [2.75, 3.05) is 6.54 Å². The molecule has 0 fully saturated rings. The molecule has 2 aromatic rings. The van der Waals surface area contributed by atoms with Crippen LogP contribution in [0.5, 0.6) is 0 Å². The maximum Gasteiger partial charge on any atom is 0.241 e. The van der Waals surface area contributed by atoms with E-state index in [9.17, 15) is 4.79 Å². The molecule has 1 amide bonds. The van der Waals surface area contributed by atoms with Crippen molar-refractivity contribution >= 4 is 29.1 Å². The van der Waals surface area contributed by atoms with E-state index in [-0.39, 0.29) is 12.5 Å². The predicted octanol–water partition coefficient (Wildman–Crippen LogP) is 2.21. The number of aryl methyl sites for hydroxylation is 3. The number of carbonyl (C=O) groups excluding carboxylic acids is 1. The molecule has 0 unspecified atom stereocenters. The molecule has 114 valence electrons. The fourth-order valence-corrected chi connectivity index (χ4v) is 2.29. The zero-order valence-corrected chi connectivity index (χ0v) is 13.4. The van der Waals surface area contributed by atoms with Gasteiger partial charge in [0.05, 0.1) is 5.69 Å². The molecule has 8 heteroatoms. The number of aromatic nitrogens is 4. The van der Waals surface area contributed by atoms with Gasteiger partial charge in [0, 0.05) is 25.0 Å². The van der Waals surface area contributed by atoms with Gasteiger partial charge in [-0.25, -0.2) is 0 Å². The van der Waals surface area contributed by atoms with Crippen LogP contribution in [0.2, 0.25) is 10.2 Å². The van der Waals surface area contributed by atoms with Crippen molar-refractivity contribution in [2.24, 2.45) is 0 Å². The van der Waals surface area contributed by atoms with Gasteiger partial charge < -0.3 is 5.32 Å². The molecule has 0 aromatic carbocycles. The van der Waals surface area contributed by atoms with E-state index < -0.39 is 0 Å². The average molecular weight is 330 g/mol. The summed E-state index contributed by atoms with van der Waals surface area (Å²) < 4.78 is 3.30. The molecule has 2 rings (SSSR count). The minimum Gasteiger partial charge on any atom is -0.354 e. The first-order valence-electron chi connectivity index (χ1n) is 6.62. The Hall–Kier alpha value is -1.53. The Balaban J connectivity index is 1.73. The van der Waals surface area contributed by atoms with E-state index in [2.05, 4.69) is 15.5 Å². The summed E-state index contributed by atoms with van der Waals surface area (Å²) in [7, 11) is 0. The quantitative estimate of drug-likeness (QED) is 0.826. The minimum absolute atomic E-state index is 0.0671. The van der Waals surface area contributed by atoms with Gasteiger partial charge in [0.1, 0.15) is 16.7 Å². The zero-order valence-electron chi connectivity index (χ0n) is 11.9. The van der Waals surface area contributed by atoms with E-state index in [0.717, 1.165) is 12.1 Å². The standard InChI is InChI=1S/C13H17Cl2N5O/c1-9-4-6-17-20(9)8-11(21)16-5-3-7-19-13(15)12(14)10(2)18-19/h4,6H,3,5,7-8H2,1-2H3,(H,16,21). The largest absolute Gasteiger partial charge is 0.354 e. The predicted molar refractivity (Wildman–Crippen MR) is 81.6 cm³/mol. The van der Waals surface area contributed by atoms with Gasteiger partial charge in [0.2, 0.25) is 5.91 Å². The van der Waals surface area contributed by atoms with Crippen LogP contribution in [0.3, 0.4) is 0 Å². The molecular weight excluding hydrogens is 313 g/mol. The first-order valence-corrected chi connectivity index (χ1v) is 7.38. The molecule has 1 N–H and O–H groups in total. The summed E-state index contributed by atoms with van der Waals surface area (Å²) in [6, 6.07) is 1.86. The Morgan fingerprint density at radius 3 is 2.67 bits per heavy atom. The van der Waals surface area contributed by atoms with Crippen molar-refractivity contribution in [3.05, 3.63) is 33.8 Å². The van der Waals surface area contributed by atoms with Crippen LogP contribution in [-0.4, -0.2) is 32.0 Å². The summed E-state index contributed by atoms with van der Waals surface area (Å²) in [4.78, 5) is 11.8. The van der Waals surface area contributed by atoms with E-state index >= 15 is 0 Å². The third-order valence-corrected chi connectivity index (χ3v) is 4.02. The van der Waals surface area contributed by atoms with Crippen molar-refractivity contribution in [2.45, 2.75) is 33.4 Å². The van der Waals surface area contributed by atoms with Gasteiger partial charge in [-0.2, -0.15) is 10.2 Å². The molecule has 2 heterocycles. The van der Waals surface area contributed by atoms with Gasteiger partial charge >= 0.3 is 0 Å². The number of halogens is 2. The van der Waals surface area contributed by atoms with Crippen molar-refractivity contribution < 1.29 is 4.79 Å². The van der Waals surface area contributed by atoms with E-state index in [4.69, 9.17) is 23.2 Å². The summed E-state index contributed by atoms with van der Waals surface area (Å²) in [6.07, 6.45) is 2.40. The first kappa shape index (κ1) is 15.9. The third-order valence-electron chi connectivity index (χ3n) is 3.09.